The molecule has 1 rings (SSSR count). The summed E-state index contributed by atoms with van der Waals surface area (Å²) in [5.41, 5.74) is -0.686. The van der Waals surface area contributed by atoms with Crippen LogP contribution >= 0.6 is 0 Å². The third-order valence-corrected chi connectivity index (χ3v) is 3.36. The van der Waals surface area contributed by atoms with Gasteiger partial charge >= 0.3 is 6.18 Å². The molecule has 148 valence electrons. The number of alkyl halides is 3. The molecule has 0 heterocycles. The first-order chi connectivity index (χ1) is 12.5. The van der Waals surface area contributed by atoms with Gasteiger partial charge in [0.15, 0.2) is 5.96 Å². The van der Waals surface area contributed by atoms with Gasteiger partial charge in [0, 0.05) is 26.3 Å². The molecule has 0 aliphatic carbocycles. The van der Waals surface area contributed by atoms with Crippen molar-refractivity contribution in [2.45, 2.75) is 32.9 Å². The average Bonchev–Trinajstić information content (AvgIpc) is 2.61. The molecule has 8 heteroatoms. The summed E-state index contributed by atoms with van der Waals surface area (Å²) in [4.78, 5) is 4.45. The minimum Gasteiger partial charge on any atom is -0.492 e. The molecule has 0 amide bonds. The van der Waals surface area contributed by atoms with Crippen molar-refractivity contribution in [3.05, 3.63) is 29.8 Å². The van der Waals surface area contributed by atoms with Gasteiger partial charge in [-0.2, -0.15) is 13.2 Å². The molecule has 0 fully saturated rings. The van der Waals surface area contributed by atoms with Gasteiger partial charge in [0.2, 0.25) is 0 Å². The monoisotopic (exact) mass is 375 g/mol. The average molecular weight is 375 g/mol. The van der Waals surface area contributed by atoms with E-state index in [2.05, 4.69) is 15.6 Å². The molecule has 0 aromatic heterocycles. The number of ether oxygens (including phenoxy) is 2. The highest BCUT2D eigenvalue weighted by atomic mass is 19.4. The van der Waals surface area contributed by atoms with Crippen LogP contribution in [-0.4, -0.2) is 45.4 Å². The molecule has 0 aliphatic rings. The van der Waals surface area contributed by atoms with Gasteiger partial charge in [0.05, 0.1) is 12.1 Å². The third-order valence-electron chi connectivity index (χ3n) is 3.36. The fourth-order valence-electron chi connectivity index (χ4n) is 2.07. The summed E-state index contributed by atoms with van der Waals surface area (Å²) in [6.45, 7) is 7.67. The predicted octanol–water partition coefficient (Wildman–Crippen LogP) is 3.46. The highest BCUT2D eigenvalue weighted by molar-refractivity contribution is 5.79. The van der Waals surface area contributed by atoms with Crippen molar-refractivity contribution in [2.75, 3.05) is 39.5 Å². The van der Waals surface area contributed by atoms with Crippen LogP contribution in [0.5, 0.6) is 5.75 Å². The largest absolute Gasteiger partial charge is 0.492 e. The number of nitrogens with zero attached hydrogens (tertiary/aromatic N) is 1. The van der Waals surface area contributed by atoms with E-state index in [1.54, 1.807) is 0 Å². The molecule has 0 saturated carbocycles. The number of guanidine groups is 1. The summed E-state index contributed by atoms with van der Waals surface area (Å²) in [5.74, 6) is 1.09. The van der Waals surface area contributed by atoms with Crippen LogP contribution in [-0.2, 0) is 10.9 Å². The number of hydrogen-bond acceptors (Lipinski definition) is 3. The molecule has 0 bridgehead atoms. The Balaban J connectivity index is 2.29. The molecular weight excluding hydrogens is 347 g/mol. The first kappa shape index (κ1) is 22.1. The summed E-state index contributed by atoms with van der Waals surface area (Å²) in [6.07, 6.45) is -2.42. The molecule has 0 unspecified atom stereocenters. The highest BCUT2D eigenvalue weighted by Gasteiger charge is 2.29. The van der Waals surface area contributed by atoms with Gasteiger partial charge in [-0.3, -0.25) is 4.99 Å². The van der Waals surface area contributed by atoms with E-state index in [1.165, 1.54) is 12.1 Å². The number of benzene rings is 1. The van der Waals surface area contributed by atoms with Crippen molar-refractivity contribution >= 4 is 5.96 Å². The van der Waals surface area contributed by atoms with Gasteiger partial charge in [0.1, 0.15) is 12.4 Å². The lowest BCUT2D eigenvalue weighted by atomic mass is 10.2. The molecule has 0 radical (unpaired) electrons. The molecule has 0 aliphatic heterocycles. The Morgan fingerprint density at radius 1 is 1.04 bits per heavy atom. The van der Waals surface area contributed by atoms with E-state index in [4.69, 9.17) is 9.47 Å². The molecular formula is C18H28F3N3O2. The Morgan fingerprint density at radius 2 is 1.77 bits per heavy atom. The number of aliphatic imine (C=N–C) groups is 1. The van der Waals surface area contributed by atoms with E-state index >= 15 is 0 Å². The second-order valence-electron chi connectivity index (χ2n) is 5.46. The zero-order valence-corrected chi connectivity index (χ0v) is 15.4. The van der Waals surface area contributed by atoms with E-state index in [9.17, 15) is 13.2 Å². The van der Waals surface area contributed by atoms with E-state index in [0.717, 1.165) is 44.7 Å². The number of unbranched alkanes of at least 4 members (excludes halogenated alkanes) is 1. The summed E-state index contributed by atoms with van der Waals surface area (Å²) in [7, 11) is 0. The van der Waals surface area contributed by atoms with Crippen LogP contribution in [0.1, 0.15) is 32.3 Å². The van der Waals surface area contributed by atoms with Crippen molar-refractivity contribution in [2.24, 2.45) is 4.99 Å². The number of nitrogens with one attached hydrogen (secondary N) is 2. The molecule has 0 atom stereocenters. The van der Waals surface area contributed by atoms with Crippen LogP contribution in [0.4, 0.5) is 13.2 Å². The van der Waals surface area contributed by atoms with Crippen LogP contribution in [0.15, 0.2) is 29.3 Å². The van der Waals surface area contributed by atoms with Crippen molar-refractivity contribution in [1.29, 1.82) is 0 Å². The maximum absolute atomic E-state index is 12.5. The molecule has 2 N–H and O–H groups in total. The van der Waals surface area contributed by atoms with Crippen molar-refractivity contribution in [1.82, 2.24) is 10.6 Å². The van der Waals surface area contributed by atoms with Crippen molar-refractivity contribution in [3.8, 4) is 5.75 Å². The number of halogens is 3. The maximum atomic E-state index is 12.5. The van der Waals surface area contributed by atoms with Gasteiger partial charge in [0.25, 0.3) is 0 Å². The van der Waals surface area contributed by atoms with Crippen LogP contribution in [0.3, 0.4) is 0 Å². The molecule has 1 aromatic carbocycles. The molecule has 1 aromatic rings. The molecule has 0 spiro atoms. The number of hydrogen-bond donors (Lipinski definition) is 2. The number of rotatable bonds is 11. The predicted molar refractivity (Wildman–Crippen MR) is 96.6 cm³/mol. The summed E-state index contributed by atoms with van der Waals surface area (Å²) in [5, 5.41) is 6.27. The third kappa shape index (κ3) is 9.50. The summed E-state index contributed by atoms with van der Waals surface area (Å²) in [6, 6.07) is 4.66. The molecule has 0 saturated heterocycles. The van der Waals surface area contributed by atoms with Crippen molar-refractivity contribution < 1.29 is 22.6 Å². The van der Waals surface area contributed by atoms with Gasteiger partial charge in [-0.15, -0.1) is 0 Å². The zero-order chi connectivity index (χ0) is 19.3. The Labute approximate surface area is 153 Å². The van der Waals surface area contributed by atoms with Crippen molar-refractivity contribution in [3.63, 3.8) is 0 Å². The molecule has 5 nitrogen and oxygen atoms in total. The fourth-order valence-corrected chi connectivity index (χ4v) is 2.07. The lowest BCUT2D eigenvalue weighted by Gasteiger charge is -2.12. The maximum Gasteiger partial charge on any atom is 0.416 e. The van der Waals surface area contributed by atoms with Gasteiger partial charge < -0.3 is 20.1 Å². The lowest BCUT2D eigenvalue weighted by Crippen LogP contribution is -2.39. The minimum atomic E-state index is -4.33. The lowest BCUT2D eigenvalue weighted by molar-refractivity contribution is -0.137. The van der Waals surface area contributed by atoms with Crippen LogP contribution < -0.4 is 15.4 Å². The standard InChI is InChI=1S/C18H28F3N3O2/c1-3-22-17(23-11-5-6-13-25-4-2)24-12-14-26-16-9-7-15(8-10-16)18(19,20)21/h7-10H,3-6,11-14H2,1-2H3,(H2,22,23,24). The van der Waals surface area contributed by atoms with Gasteiger partial charge in [-0.25, -0.2) is 0 Å². The van der Waals surface area contributed by atoms with Crippen LogP contribution in [0.25, 0.3) is 0 Å². The van der Waals surface area contributed by atoms with E-state index in [-0.39, 0.29) is 0 Å². The second kappa shape index (κ2) is 12.4. The first-order valence-corrected chi connectivity index (χ1v) is 8.87. The topological polar surface area (TPSA) is 54.9 Å². The van der Waals surface area contributed by atoms with E-state index in [1.807, 2.05) is 13.8 Å². The van der Waals surface area contributed by atoms with Crippen LogP contribution in [0.2, 0.25) is 0 Å². The van der Waals surface area contributed by atoms with Crippen LogP contribution in [0, 0.1) is 0 Å². The minimum absolute atomic E-state index is 0.320. The highest BCUT2D eigenvalue weighted by Crippen LogP contribution is 2.30. The zero-order valence-electron chi connectivity index (χ0n) is 15.4. The van der Waals surface area contributed by atoms with Gasteiger partial charge in [-0.05, 0) is 51.0 Å². The summed E-state index contributed by atoms with van der Waals surface area (Å²) < 4.78 is 48.2. The SMILES string of the molecule is CCNC(=NCCCCOCC)NCCOc1ccc(C(F)(F)F)cc1. The van der Waals surface area contributed by atoms with E-state index < -0.39 is 11.7 Å². The van der Waals surface area contributed by atoms with E-state index in [0.29, 0.717) is 31.4 Å². The second-order valence-corrected chi connectivity index (χ2v) is 5.46. The Hall–Kier alpha value is -1.96. The molecule has 26 heavy (non-hydrogen) atoms. The Morgan fingerprint density at radius 3 is 2.38 bits per heavy atom. The summed E-state index contributed by atoms with van der Waals surface area (Å²) >= 11 is 0. The fraction of sp³-hybridized carbons (Fsp3) is 0.611. The smallest absolute Gasteiger partial charge is 0.416 e. The first-order valence-electron chi connectivity index (χ1n) is 8.87. The normalized spacial score (nSPS) is 12.1. The van der Waals surface area contributed by atoms with Gasteiger partial charge in [-0.1, -0.05) is 0 Å². The Kier molecular flexibility index (Phi) is 10.5. The quantitative estimate of drug-likeness (QED) is 0.353. The Bertz CT molecular complexity index is 519.